The number of anilines is 1. The van der Waals surface area contributed by atoms with Crippen LogP contribution < -0.4 is 10.6 Å². The van der Waals surface area contributed by atoms with Crippen LogP contribution in [-0.2, 0) is 16.1 Å². The summed E-state index contributed by atoms with van der Waals surface area (Å²) in [5.74, 6) is 0.155. The Morgan fingerprint density at radius 3 is 2.83 bits per heavy atom. The first-order valence-electron chi connectivity index (χ1n) is 5.81. The largest absolute Gasteiger partial charge is 0.339 e. The molecule has 0 unspecified atom stereocenters. The van der Waals surface area contributed by atoms with Crippen LogP contribution >= 0.6 is 0 Å². The van der Waals surface area contributed by atoms with Gasteiger partial charge in [0.15, 0.2) is 5.82 Å². The zero-order valence-corrected chi connectivity index (χ0v) is 10.2. The minimum absolute atomic E-state index is 0.00998. The van der Waals surface area contributed by atoms with Gasteiger partial charge in [-0.25, -0.2) is 4.68 Å². The lowest BCUT2D eigenvalue weighted by Gasteiger charge is -2.27. The van der Waals surface area contributed by atoms with Crippen LogP contribution in [0.4, 0.5) is 5.82 Å². The average molecular weight is 252 g/mol. The fourth-order valence-corrected chi connectivity index (χ4v) is 1.77. The molecule has 98 valence electrons. The number of nitrogens with one attached hydrogen (secondary N) is 2. The number of rotatable bonds is 3. The molecule has 1 saturated heterocycles. The summed E-state index contributed by atoms with van der Waals surface area (Å²) in [5.41, 5.74) is 0. The van der Waals surface area contributed by atoms with Gasteiger partial charge in [-0.05, 0) is 0 Å². The highest BCUT2D eigenvalue weighted by Crippen LogP contribution is 2.01. The summed E-state index contributed by atoms with van der Waals surface area (Å²) in [7, 11) is 0. The molecule has 0 aromatic carbocycles. The standard InChI is InChI=1S/C10H16N6O2/c1-8(17)12-9-6-16(14-13-9)7-10(18)15-4-2-11-3-5-15/h6,11H,2-5,7H2,1H3,(H,12,17). The number of carbonyl (C=O) groups excluding carboxylic acids is 2. The first-order chi connectivity index (χ1) is 8.65. The van der Waals surface area contributed by atoms with Crippen molar-refractivity contribution in [3.05, 3.63) is 6.20 Å². The molecular weight excluding hydrogens is 236 g/mol. The molecule has 2 heterocycles. The van der Waals surface area contributed by atoms with E-state index < -0.39 is 0 Å². The van der Waals surface area contributed by atoms with Gasteiger partial charge in [-0.15, -0.1) is 5.10 Å². The van der Waals surface area contributed by atoms with Crippen LogP contribution in [0.15, 0.2) is 6.20 Å². The highest BCUT2D eigenvalue weighted by Gasteiger charge is 2.17. The van der Waals surface area contributed by atoms with Gasteiger partial charge in [-0.3, -0.25) is 9.59 Å². The van der Waals surface area contributed by atoms with Crippen LogP contribution in [0.3, 0.4) is 0 Å². The number of carbonyl (C=O) groups is 2. The lowest BCUT2D eigenvalue weighted by atomic mass is 10.3. The maximum absolute atomic E-state index is 11.9. The van der Waals surface area contributed by atoms with Gasteiger partial charge in [-0.1, -0.05) is 5.21 Å². The fourth-order valence-electron chi connectivity index (χ4n) is 1.77. The molecule has 1 fully saturated rings. The lowest BCUT2D eigenvalue weighted by Crippen LogP contribution is -2.47. The number of hydrogen-bond acceptors (Lipinski definition) is 5. The molecule has 0 radical (unpaired) electrons. The van der Waals surface area contributed by atoms with E-state index >= 15 is 0 Å². The van der Waals surface area contributed by atoms with Crippen molar-refractivity contribution in [1.29, 1.82) is 0 Å². The summed E-state index contributed by atoms with van der Waals surface area (Å²) in [4.78, 5) is 24.5. The van der Waals surface area contributed by atoms with Gasteiger partial charge < -0.3 is 15.5 Å². The van der Waals surface area contributed by atoms with Crippen LogP contribution in [0.1, 0.15) is 6.92 Å². The van der Waals surface area contributed by atoms with E-state index in [4.69, 9.17) is 0 Å². The average Bonchev–Trinajstić information content (AvgIpc) is 2.76. The summed E-state index contributed by atoms with van der Waals surface area (Å²) in [5, 5.41) is 13.2. The monoisotopic (exact) mass is 252 g/mol. The quantitative estimate of drug-likeness (QED) is 0.695. The molecule has 2 amide bonds. The van der Waals surface area contributed by atoms with Gasteiger partial charge >= 0.3 is 0 Å². The second-order valence-corrected chi connectivity index (χ2v) is 4.11. The molecule has 1 aromatic heterocycles. The second kappa shape index (κ2) is 5.58. The molecule has 2 rings (SSSR count). The van der Waals surface area contributed by atoms with E-state index in [-0.39, 0.29) is 18.4 Å². The number of aromatic nitrogens is 3. The van der Waals surface area contributed by atoms with E-state index in [9.17, 15) is 9.59 Å². The summed E-state index contributed by atoms with van der Waals surface area (Å²) in [6, 6.07) is 0. The number of amides is 2. The smallest absolute Gasteiger partial charge is 0.244 e. The predicted molar refractivity (Wildman–Crippen MR) is 63.8 cm³/mol. The van der Waals surface area contributed by atoms with Crippen LogP contribution in [0.2, 0.25) is 0 Å². The van der Waals surface area contributed by atoms with Crippen molar-refractivity contribution in [3.8, 4) is 0 Å². The van der Waals surface area contributed by atoms with Crippen LogP contribution in [0, 0.1) is 0 Å². The van der Waals surface area contributed by atoms with Gasteiger partial charge in [0.25, 0.3) is 0 Å². The van der Waals surface area contributed by atoms with E-state index in [1.165, 1.54) is 11.6 Å². The molecule has 0 saturated carbocycles. The Morgan fingerprint density at radius 2 is 2.17 bits per heavy atom. The van der Waals surface area contributed by atoms with Gasteiger partial charge in [0.1, 0.15) is 6.54 Å². The number of nitrogens with zero attached hydrogens (tertiary/aromatic N) is 4. The third kappa shape index (κ3) is 3.27. The van der Waals surface area contributed by atoms with Crippen LogP contribution in [-0.4, -0.2) is 57.9 Å². The maximum Gasteiger partial charge on any atom is 0.244 e. The Hall–Kier alpha value is -1.96. The normalized spacial score (nSPS) is 15.5. The Labute approximate surface area is 104 Å². The highest BCUT2D eigenvalue weighted by atomic mass is 16.2. The van der Waals surface area contributed by atoms with E-state index in [1.54, 1.807) is 11.1 Å². The molecule has 0 atom stereocenters. The highest BCUT2D eigenvalue weighted by molar-refractivity contribution is 5.87. The van der Waals surface area contributed by atoms with Crippen molar-refractivity contribution in [2.75, 3.05) is 31.5 Å². The molecule has 0 spiro atoms. The molecule has 0 bridgehead atoms. The Bertz CT molecular complexity index is 437. The van der Waals surface area contributed by atoms with Gasteiger partial charge in [-0.2, -0.15) is 0 Å². The van der Waals surface area contributed by atoms with Crippen molar-refractivity contribution < 1.29 is 9.59 Å². The van der Waals surface area contributed by atoms with Gasteiger partial charge in [0.2, 0.25) is 11.8 Å². The predicted octanol–water partition coefficient (Wildman–Crippen LogP) is -1.33. The molecular formula is C10H16N6O2. The summed E-state index contributed by atoms with van der Waals surface area (Å²) in [6.07, 6.45) is 1.54. The Balaban J connectivity index is 1.90. The van der Waals surface area contributed by atoms with Crippen molar-refractivity contribution in [2.24, 2.45) is 0 Å². The Kier molecular flexibility index (Phi) is 3.88. The third-order valence-electron chi connectivity index (χ3n) is 2.61. The maximum atomic E-state index is 11.9. The SMILES string of the molecule is CC(=O)Nc1cn(CC(=O)N2CCNCC2)nn1. The zero-order valence-electron chi connectivity index (χ0n) is 10.2. The number of piperazine rings is 1. The molecule has 0 aliphatic carbocycles. The van der Waals surface area contributed by atoms with Crippen LogP contribution in [0.5, 0.6) is 0 Å². The van der Waals surface area contributed by atoms with Crippen molar-refractivity contribution in [3.63, 3.8) is 0 Å². The molecule has 18 heavy (non-hydrogen) atoms. The van der Waals surface area contributed by atoms with E-state index in [0.717, 1.165) is 13.1 Å². The minimum Gasteiger partial charge on any atom is -0.339 e. The second-order valence-electron chi connectivity index (χ2n) is 4.11. The summed E-state index contributed by atoms with van der Waals surface area (Å²) >= 11 is 0. The van der Waals surface area contributed by atoms with Crippen molar-refractivity contribution in [2.45, 2.75) is 13.5 Å². The van der Waals surface area contributed by atoms with E-state index in [2.05, 4.69) is 20.9 Å². The first-order valence-corrected chi connectivity index (χ1v) is 5.81. The zero-order chi connectivity index (χ0) is 13.0. The topological polar surface area (TPSA) is 92.2 Å². The minimum atomic E-state index is -0.213. The van der Waals surface area contributed by atoms with Crippen LogP contribution in [0.25, 0.3) is 0 Å². The van der Waals surface area contributed by atoms with Gasteiger partial charge in [0, 0.05) is 33.1 Å². The number of hydrogen-bond donors (Lipinski definition) is 2. The lowest BCUT2D eigenvalue weighted by molar-refractivity contribution is -0.132. The van der Waals surface area contributed by atoms with Crippen molar-refractivity contribution >= 4 is 17.6 Å². The fraction of sp³-hybridized carbons (Fsp3) is 0.600. The van der Waals surface area contributed by atoms with Crippen molar-refractivity contribution in [1.82, 2.24) is 25.2 Å². The van der Waals surface area contributed by atoms with E-state index in [1.807, 2.05) is 0 Å². The molecule has 2 N–H and O–H groups in total. The first kappa shape index (κ1) is 12.5. The molecule has 1 aromatic rings. The molecule has 1 aliphatic rings. The third-order valence-corrected chi connectivity index (χ3v) is 2.61. The molecule has 8 heteroatoms. The summed E-state index contributed by atoms with van der Waals surface area (Å²) < 4.78 is 1.43. The molecule has 1 aliphatic heterocycles. The molecule has 8 nitrogen and oxygen atoms in total. The summed E-state index contributed by atoms with van der Waals surface area (Å²) in [6.45, 7) is 4.61. The Morgan fingerprint density at radius 1 is 1.44 bits per heavy atom. The van der Waals surface area contributed by atoms with Gasteiger partial charge in [0.05, 0.1) is 6.20 Å². The van der Waals surface area contributed by atoms with E-state index in [0.29, 0.717) is 18.9 Å².